The molecular weight excluding hydrogens is 338 g/mol. The van der Waals surface area contributed by atoms with E-state index in [1.165, 1.54) is 5.56 Å². The summed E-state index contributed by atoms with van der Waals surface area (Å²) in [7, 11) is 1.92. The third-order valence-electron chi connectivity index (χ3n) is 5.04. The topological polar surface area (TPSA) is 63.1 Å². The Morgan fingerprint density at radius 3 is 2.78 bits per heavy atom. The maximum absolute atomic E-state index is 12.7. The van der Waals surface area contributed by atoms with Gasteiger partial charge in [0, 0.05) is 45.0 Å². The molecule has 3 heterocycles. The van der Waals surface area contributed by atoms with Crippen molar-refractivity contribution in [3.63, 3.8) is 0 Å². The Balaban J connectivity index is 1.51. The summed E-state index contributed by atoms with van der Waals surface area (Å²) in [5.74, 6) is 0.252. The minimum atomic E-state index is -0.197. The van der Waals surface area contributed by atoms with Crippen molar-refractivity contribution in [2.75, 3.05) is 11.9 Å². The molecule has 27 heavy (non-hydrogen) atoms. The van der Waals surface area contributed by atoms with Crippen LogP contribution >= 0.6 is 0 Å². The summed E-state index contributed by atoms with van der Waals surface area (Å²) < 4.78 is 1.93. The molecule has 0 saturated carbocycles. The Hall–Kier alpha value is -2.99. The zero-order chi connectivity index (χ0) is 18.8. The smallest absolute Gasteiger partial charge is 0.291 e. The SMILES string of the molecule is Cc1ncccc1NC(=O)c1nc2c(n1C)CCN(Cc1ccccc1)C2. The number of aromatic nitrogens is 3. The van der Waals surface area contributed by atoms with Crippen molar-refractivity contribution in [3.8, 4) is 0 Å². The lowest BCUT2D eigenvalue weighted by atomic mass is 10.1. The molecule has 138 valence electrons. The number of anilines is 1. The highest BCUT2D eigenvalue weighted by molar-refractivity contribution is 6.02. The van der Waals surface area contributed by atoms with E-state index < -0.39 is 0 Å². The van der Waals surface area contributed by atoms with Crippen LogP contribution in [-0.2, 0) is 26.6 Å². The van der Waals surface area contributed by atoms with Crippen LogP contribution in [0.5, 0.6) is 0 Å². The fourth-order valence-corrected chi connectivity index (χ4v) is 3.56. The fraction of sp³-hybridized carbons (Fsp3) is 0.286. The van der Waals surface area contributed by atoms with Gasteiger partial charge in [-0.3, -0.25) is 14.7 Å². The second kappa shape index (κ2) is 7.32. The lowest BCUT2D eigenvalue weighted by Crippen LogP contribution is -2.30. The number of aryl methyl sites for hydroxylation is 1. The summed E-state index contributed by atoms with van der Waals surface area (Å²) >= 11 is 0. The summed E-state index contributed by atoms with van der Waals surface area (Å²) in [5, 5.41) is 2.93. The number of nitrogens with zero attached hydrogens (tertiary/aromatic N) is 4. The fourth-order valence-electron chi connectivity index (χ4n) is 3.56. The Kier molecular flexibility index (Phi) is 4.73. The largest absolute Gasteiger partial charge is 0.327 e. The third kappa shape index (κ3) is 3.61. The minimum absolute atomic E-state index is 0.197. The Morgan fingerprint density at radius 2 is 2.00 bits per heavy atom. The molecule has 0 atom stereocenters. The van der Waals surface area contributed by atoms with E-state index in [0.717, 1.165) is 43.1 Å². The normalized spacial score (nSPS) is 14.0. The van der Waals surface area contributed by atoms with E-state index in [-0.39, 0.29) is 5.91 Å². The Bertz CT molecular complexity index is 964. The molecule has 1 aliphatic heterocycles. The number of benzene rings is 1. The first-order chi connectivity index (χ1) is 13.1. The second-order valence-electron chi connectivity index (χ2n) is 6.92. The first-order valence-electron chi connectivity index (χ1n) is 9.15. The molecule has 1 amide bonds. The highest BCUT2D eigenvalue weighted by atomic mass is 16.2. The molecule has 1 aromatic carbocycles. The van der Waals surface area contributed by atoms with Crippen molar-refractivity contribution in [1.82, 2.24) is 19.4 Å². The number of rotatable bonds is 4. The van der Waals surface area contributed by atoms with Crippen molar-refractivity contribution < 1.29 is 4.79 Å². The quantitative estimate of drug-likeness (QED) is 0.776. The lowest BCUT2D eigenvalue weighted by molar-refractivity contribution is 0.101. The number of carbonyl (C=O) groups is 1. The van der Waals surface area contributed by atoms with Crippen LogP contribution in [0.25, 0.3) is 0 Å². The van der Waals surface area contributed by atoms with Gasteiger partial charge in [0.25, 0.3) is 5.91 Å². The van der Waals surface area contributed by atoms with E-state index in [1.54, 1.807) is 6.20 Å². The van der Waals surface area contributed by atoms with E-state index in [9.17, 15) is 4.79 Å². The van der Waals surface area contributed by atoms with Crippen LogP contribution in [0.4, 0.5) is 5.69 Å². The Labute approximate surface area is 158 Å². The number of imidazole rings is 1. The number of fused-ring (bicyclic) bond motifs is 1. The number of pyridine rings is 1. The van der Waals surface area contributed by atoms with Gasteiger partial charge in [0.2, 0.25) is 0 Å². The number of carbonyl (C=O) groups excluding carboxylic acids is 1. The van der Waals surface area contributed by atoms with Gasteiger partial charge in [0.05, 0.1) is 17.1 Å². The molecule has 4 rings (SSSR count). The van der Waals surface area contributed by atoms with Crippen molar-refractivity contribution in [1.29, 1.82) is 0 Å². The molecule has 0 saturated heterocycles. The number of amides is 1. The van der Waals surface area contributed by atoms with Crippen LogP contribution < -0.4 is 5.32 Å². The lowest BCUT2D eigenvalue weighted by Gasteiger charge is -2.26. The molecule has 0 bridgehead atoms. The van der Waals surface area contributed by atoms with Gasteiger partial charge in [-0.05, 0) is 24.6 Å². The predicted molar refractivity (Wildman–Crippen MR) is 104 cm³/mol. The molecule has 3 aromatic rings. The average molecular weight is 361 g/mol. The van der Waals surface area contributed by atoms with Crippen molar-refractivity contribution >= 4 is 11.6 Å². The van der Waals surface area contributed by atoms with Crippen LogP contribution in [0.3, 0.4) is 0 Å². The molecule has 1 aliphatic rings. The molecular formula is C21H23N5O. The summed E-state index contributed by atoms with van der Waals surface area (Å²) in [4.78, 5) is 24.0. The molecule has 6 heteroatoms. The summed E-state index contributed by atoms with van der Waals surface area (Å²) in [6.07, 6.45) is 2.61. The molecule has 0 fully saturated rings. The molecule has 0 unspecified atom stereocenters. The molecule has 6 nitrogen and oxygen atoms in total. The third-order valence-corrected chi connectivity index (χ3v) is 5.04. The number of hydrogen-bond donors (Lipinski definition) is 1. The van der Waals surface area contributed by atoms with E-state index in [1.807, 2.05) is 36.7 Å². The highest BCUT2D eigenvalue weighted by Gasteiger charge is 2.25. The summed E-state index contributed by atoms with van der Waals surface area (Å²) in [5.41, 5.74) is 4.94. The van der Waals surface area contributed by atoms with Gasteiger partial charge in [0.1, 0.15) is 0 Å². The van der Waals surface area contributed by atoms with Crippen LogP contribution in [0, 0.1) is 6.92 Å². The minimum Gasteiger partial charge on any atom is -0.327 e. The van der Waals surface area contributed by atoms with Gasteiger partial charge >= 0.3 is 0 Å². The molecule has 0 spiro atoms. The second-order valence-corrected chi connectivity index (χ2v) is 6.92. The predicted octanol–water partition coefficient (Wildman–Crippen LogP) is 2.93. The first kappa shape index (κ1) is 17.4. The maximum atomic E-state index is 12.7. The van der Waals surface area contributed by atoms with E-state index in [0.29, 0.717) is 11.5 Å². The van der Waals surface area contributed by atoms with Gasteiger partial charge < -0.3 is 9.88 Å². The van der Waals surface area contributed by atoms with Crippen LogP contribution in [0.15, 0.2) is 48.7 Å². The van der Waals surface area contributed by atoms with Gasteiger partial charge in [-0.25, -0.2) is 4.98 Å². The van der Waals surface area contributed by atoms with E-state index >= 15 is 0 Å². The standard InChI is InChI=1S/C21H23N5O/c1-15-17(9-6-11-22-15)24-21(27)20-23-18-14-26(12-10-19(18)25(20)2)13-16-7-4-3-5-8-16/h3-9,11H,10,12-14H2,1-2H3,(H,24,27). The Morgan fingerprint density at radius 1 is 1.19 bits per heavy atom. The average Bonchev–Trinajstić information content (AvgIpc) is 3.01. The van der Waals surface area contributed by atoms with Crippen molar-refractivity contribution in [2.24, 2.45) is 7.05 Å². The monoisotopic (exact) mass is 361 g/mol. The molecule has 0 aliphatic carbocycles. The van der Waals surface area contributed by atoms with Gasteiger partial charge in [-0.1, -0.05) is 30.3 Å². The molecule has 2 aromatic heterocycles. The van der Waals surface area contributed by atoms with Gasteiger partial charge in [-0.2, -0.15) is 0 Å². The number of hydrogen-bond acceptors (Lipinski definition) is 4. The van der Waals surface area contributed by atoms with Crippen LogP contribution in [0.2, 0.25) is 0 Å². The van der Waals surface area contributed by atoms with Crippen molar-refractivity contribution in [2.45, 2.75) is 26.4 Å². The molecule has 0 radical (unpaired) electrons. The zero-order valence-electron chi connectivity index (χ0n) is 15.6. The van der Waals surface area contributed by atoms with Crippen LogP contribution in [-0.4, -0.2) is 31.9 Å². The van der Waals surface area contributed by atoms with E-state index in [2.05, 4.69) is 44.5 Å². The first-order valence-corrected chi connectivity index (χ1v) is 9.15. The molecule has 1 N–H and O–H groups in total. The highest BCUT2D eigenvalue weighted by Crippen LogP contribution is 2.22. The van der Waals surface area contributed by atoms with Crippen molar-refractivity contribution in [3.05, 3.63) is 77.1 Å². The van der Waals surface area contributed by atoms with Gasteiger partial charge in [0.15, 0.2) is 5.82 Å². The van der Waals surface area contributed by atoms with E-state index in [4.69, 9.17) is 0 Å². The summed E-state index contributed by atoms with van der Waals surface area (Å²) in [6, 6.07) is 14.1. The zero-order valence-corrected chi connectivity index (χ0v) is 15.6. The number of nitrogens with one attached hydrogen (secondary N) is 1. The van der Waals surface area contributed by atoms with Gasteiger partial charge in [-0.15, -0.1) is 0 Å². The summed E-state index contributed by atoms with van der Waals surface area (Å²) in [6.45, 7) is 4.50. The van der Waals surface area contributed by atoms with Crippen LogP contribution in [0.1, 0.15) is 33.3 Å². The maximum Gasteiger partial charge on any atom is 0.291 e.